The van der Waals surface area contributed by atoms with Gasteiger partial charge in [0.1, 0.15) is 6.73 Å². The average Bonchev–Trinajstić information content (AvgIpc) is 2.10. The van der Waals surface area contributed by atoms with Crippen LogP contribution in [-0.2, 0) is 4.74 Å². The zero-order chi connectivity index (χ0) is 7.78. The van der Waals surface area contributed by atoms with Gasteiger partial charge in [-0.2, -0.15) is 0 Å². The molecule has 1 saturated heterocycles. The van der Waals surface area contributed by atoms with E-state index in [-0.39, 0.29) is 5.60 Å². The van der Waals surface area contributed by atoms with Gasteiger partial charge in [0, 0.05) is 0 Å². The summed E-state index contributed by atoms with van der Waals surface area (Å²) >= 11 is 5.22. The maximum atomic E-state index is 10.5. The Hall–Kier alpha value is -0.280. The molecular weight excluding hydrogens is 154 g/mol. The summed E-state index contributed by atoms with van der Waals surface area (Å²) in [7, 11) is 0. The predicted molar refractivity (Wildman–Crippen MR) is 38.0 cm³/mol. The van der Waals surface area contributed by atoms with Gasteiger partial charge in [0.25, 0.3) is 0 Å². The van der Waals surface area contributed by atoms with E-state index in [0.717, 1.165) is 0 Å². The Balaban J connectivity index is 2.51. The molecule has 1 aliphatic heterocycles. The fourth-order valence-electron chi connectivity index (χ4n) is 0.916. The SMILES string of the molecule is CC1(C)CN(C(=O)Cl)CO1. The van der Waals surface area contributed by atoms with E-state index in [9.17, 15) is 4.79 Å². The first-order valence-electron chi connectivity index (χ1n) is 3.10. The molecule has 0 unspecified atom stereocenters. The highest BCUT2D eigenvalue weighted by molar-refractivity contribution is 6.62. The minimum Gasteiger partial charge on any atom is -0.353 e. The van der Waals surface area contributed by atoms with Gasteiger partial charge in [-0.15, -0.1) is 0 Å². The molecule has 1 aliphatic rings. The Labute approximate surface area is 64.9 Å². The molecule has 58 valence electrons. The Kier molecular flexibility index (Phi) is 1.88. The Morgan fingerprint density at radius 3 is 2.50 bits per heavy atom. The number of hydrogen-bond donors (Lipinski definition) is 0. The largest absolute Gasteiger partial charge is 0.353 e. The smallest absolute Gasteiger partial charge is 0.318 e. The standard InChI is InChI=1S/C6H10ClNO2/c1-6(2)3-8(4-10-6)5(7)9/h3-4H2,1-2H3. The lowest BCUT2D eigenvalue weighted by Crippen LogP contribution is -2.29. The van der Waals surface area contributed by atoms with Crippen LogP contribution in [0.2, 0.25) is 0 Å². The lowest BCUT2D eigenvalue weighted by atomic mass is 10.1. The quantitative estimate of drug-likeness (QED) is 0.399. The number of ether oxygens (including phenoxy) is 1. The Morgan fingerprint density at radius 1 is 1.70 bits per heavy atom. The number of halogens is 1. The third-order valence-electron chi connectivity index (χ3n) is 1.43. The third-order valence-corrected chi connectivity index (χ3v) is 1.67. The van der Waals surface area contributed by atoms with E-state index >= 15 is 0 Å². The summed E-state index contributed by atoms with van der Waals surface area (Å²) in [4.78, 5) is 12.0. The first-order valence-corrected chi connectivity index (χ1v) is 3.47. The van der Waals surface area contributed by atoms with Crippen LogP contribution in [0.3, 0.4) is 0 Å². The second-order valence-corrected chi connectivity index (χ2v) is 3.31. The van der Waals surface area contributed by atoms with Crippen LogP contribution >= 0.6 is 11.6 Å². The molecule has 0 spiro atoms. The summed E-state index contributed by atoms with van der Waals surface area (Å²) in [5, 5.41) is -0.439. The van der Waals surface area contributed by atoms with E-state index < -0.39 is 5.37 Å². The van der Waals surface area contributed by atoms with Crippen LogP contribution in [0.1, 0.15) is 13.8 Å². The Bertz CT molecular complexity index is 158. The topological polar surface area (TPSA) is 29.5 Å². The summed E-state index contributed by atoms with van der Waals surface area (Å²) in [6.45, 7) is 4.74. The van der Waals surface area contributed by atoms with Gasteiger partial charge < -0.3 is 9.64 Å². The summed E-state index contributed by atoms with van der Waals surface area (Å²) < 4.78 is 5.23. The normalized spacial score (nSPS) is 23.3. The van der Waals surface area contributed by atoms with Crippen LogP contribution in [0.25, 0.3) is 0 Å². The molecule has 1 rings (SSSR count). The molecule has 0 aromatic rings. The lowest BCUT2D eigenvalue weighted by molar-refractivity contribution is 0.0362. The van der Waals surface area contributed by atoms with Crippen molar-refractivity contribution in [3.05, 3.63) is 0 Å². The van der Waals surface area contributed by atoms with Crippen molar-refractivity contribution in [2.24, 2.45) is 0 Å². The van der Waals surface area contributed by atoms with Crippen LogP contribution in [0.15, 0.2) is 0 Å². The fourth-order valence-corrected chi connectivity index (χ4v) is 1.03. The molecule has 0 aromatic heterocycles. The van der Waals surface area contributed by atoms with Crippen molar-refractivity contribution in [1.29, 1.82) is 0 Å². The van der Waals surface area contributed by atoms with Gasteiger partial charge in [-0.25, -0.2) is 0 Å². The van der Waals surface area contributed by atoms with E-state index in [4.69, 9.17) is 16.3 Å². The number of carbonyl (C=O) groups is 1. The monoisotopic (exact) mass is 163 g/mol. The van der Waals surface area contributed by atoms with Crippen molar-refractivity contribution in [3.63, 3.8) is 0 Å². The van der Waals surface area contributed by atoms with Crippen molar-refractivity contribution in [1.82, 2.24) is 4.90 Å². The molecule has 0 radical (unpaired) electrons. The second kappa shape index (κ2) is 2.40. The van der Waals surface area contributed by atoms with Crippen LogP contribution in [-0.4, -0.2) is 29.1 Å². The van der Waals surface area contributed by atoms with Gasteiger partial charge in [-0.3, -0.25) is 4.79 Å². The molecule has 0 bridgehead atoms. The van der Waals surface area contributed by atoms with E-state index in [2.05, 4.69) is 0 Å². The van der Waals surface area contributed by atoms with Gasteiger partial charge in [0.2, 0.25) is 0 Å². The molecule has 0 aromatic carbocycles. The minimum atomic E-state index is -0.439. The van der Waals surface area contributed by atoms with Gasteiger partial charge in [0.15, 0.2) is 0 Å². The van der Waals surface area contributed by atoms with Crippen LogP contribution in [0.4, 0.5) is 4.79 Å². The highest BCUT2D eigenvalue weighted by Crippen LogP contribution is 2.19. The molecule has 0 aliphatic carbocycles. The lowest BCUT2D eigenvalue weighted by Gasteiger charge is -2.14. The molecule has 3 nitrogen and oxygen atoms in total. The maximum Gasteiger partial charge on any atom is 0.318 e. The molecule has 1 heterocycles. The highest BCUT2D eigenvalue weighted by atomic mass is 35.5. The van der Waals surface area contributed by atoms with E-state index in [1.807, 2.05) is 13.8 Å². The molecule has 0 N–H and O–H groups in total. The van der Waals surface area contributed by atoms with Crippen LogP contribution < -0.4 is 0 Å². The van der Waals surface area contributed by atoms with Gasteiger partial charge in [-0.1, -0.05) is 0 Å². The molecule has 4 heteroatoms. The molecule has 0 saturated carbocycles. The average molecular weight is 164 g/mol. The number of carbonyl (C=O) groups excluding carboxylic acids is 1. The first-order chi connectivity index (χ1) is 4.51. The molecular formula is C6H10ClNO2. The molecule has 0 atom stereocenters. The third kappa shape index (κ3) is 1.61. The Morgan fingerprint density at radius 2 is 2.30 bits per heavy atom. The molecule has 1 fully saturated rings. The van der Waals surface area contributed by atoms with Crippen molar-refractivity contribution in [2.45, 2.75) is 19.4 Å². The van der Waals surface area contributed by atoms with E-state index in [0.29, 0.717) is 13.3 Å². The van der Waals surface area contributed by atoms with Crippen molar-refractivity contribution in [3.8, 4) is 0 Å². The summed E-state index contributed by atoms with van der Waals surface area (Å²) in [6, 6.07) is 0. The van der Waals surface area contributed by atoms with Crippen molar-refractivity contribution >= 4 is 17.0 Å². The van der Waals surface area contributed by atoms with Crippen molar-refractivity contribution < 1.29 is 9.53 Å². The number of nitrogens with zero attached hydrogens (tertiary/aromatic N) is 1. The van der Waals surface area contributed by atoms with Crippen molar-refractivity contribution in [2.75, 3.05) is 13.3 Å². The zero-order valence-corrected chi connectivity index (χ0v) is 6.81. The first kappa shape index (κ1) is 7.82. The number of rotatable bonds is 0. The second-order valence-electron chi connectivity index (χ2n) is 2.98. The van der Waals surface area contributed by atoms with E-state index in [1.54, 1.807) is 0 Å². The van der Waals surface area contributed by atoms with Gasteiger partial charge >= 0.3 is 5.37 Å². The number of amides is 1. The number of hydrogen-bond acceptors (Lipinski definition) is 2. The minimum absolute atomic E-state index is 0.232. The summed E-state index contributed by atoms with van der Waals surface area (Å²) in [5.74, 6) is 0. The van der Waals surface area contributed by atoms with Crippen LogP contribution in [0.5, 0.6) is 0 Å². The van der Waals surface area contributed by atoms with Gasteiger partial charge in [0.05, 0.1) is 12.1 Å². The predicted octanol–water partition coefficient (Wildman–Crippen LogP) is 1.41. The maximum absolute atomic E-state index is 10.5. The molecule has 1 amide bonds. The highest BCUT2D eigenvalue weighted by Gasteiger charge is 2.31. The van der Waals surface area contributed by atoms with Gasteiger partial charge in [-0.05, 0) is 25.4 Å². The summed E-state index contributed by atoms with van der Waals surface area (Å²) in [6.07, 6.45) is 0. The zero-order valence-electron chi connectivity index (χ0n) is 6.06. The van der Waals surface area contributed by atoms with Crippen LogP contribution in [0, 0.1) is 0 Å². The fraction of sp³-hybridized carbons (Fsp3) is 0.833. The van der Waals surface area contributed by atoms with E-state index in [1.165, 1.54) is 4.90 Å². The summed E-state index contributed by atoms with van der Waals surface area (Å²) in [5.41, 5.74) is -0.232. The molecule has 10 heavy (non-hydrogen) atoms.